The van der Waals surface area contributed by atoms with Gasteiger partial charge in [-0.15, -0.1) is 0 Å². The molecule has 0 aliphatic carbocycles. The lowest BCUT2D eigenvalue weighted by atomic mass is 10.2. The van der Waals surface area contributed by atoms with Crippen molar-refractivity contribution in [3.8, 4) is 0 Å². The number of aromatic nitrogens is 2. The highest BCUT2D eigenvalue weighted by molar-refractivity contribution is 8.18. The van der Waals surface area contributed by atoms with Crippen LogP contribution < -0.4 is 10.2 Å². The molecule has 3 rings (SSSR count). The maximum Gasteiger partial charge on any atom is 0.290 e. The molecule has 0 saturated carbocycles. The van der Waals surface area contributed by atoms with Crippen LogP contribution in [-0.4, -0.2) is 34.2 Å². The van der Waals surface area contributed by atoms with Gasteiger partial charge in [-0.3, -0.25) is 14.9 Å². The third-order valence-electron chi connectivity index (χ3n) is 3.47. The molecule has 0 spiro atoms. The van der Waals surface area contributed by atoms with Crippen molar-refractivity contribution < 1.29 is 9.59 Å². The van der Waals surface area contributed by atoms with Crippen molar-refractivity contribution in [1.29, 1.82) is 0 Å². The van der Waals surface area contributed by atoms with Crippen molar-refractivity contribution in [3.05, 3.63) is 22.9 Å². The van der Waals surface area contributed by atoms with Crippen molar-refractivity contribution in [2.75, 3.05) is 18.0 Å². The summed E-state index contributed by atoms with van der Waals surface area (Å²) in [6.07, 6.45) is 8.13. The summed E-state index contributed by atoms with van der Waals surface area (Å²) < 4.78 is 0. The van der Waals surface area contributed by atoms with Gasteiger partial charge in [0.05, 0.1) is 10.6 Å². The number of amides is 2. The predicted octanol–water partition coefficient (Wildman–Crippen LogP) is 2.18. The molecular formula is C14H16N4O2S. The second-order valence-electron chi connectivity index (χ2n) is 5.04. The number of carbonyl (C=O) groups is 2. The Labute approximate surface area is 127 Å². The van der Waals surface area contributed by atoms with Crippen molar-refractivity contribution in [3.63, 3.8) is 0 Å². The molecule has 2 saturated heterocycles. The number of imide groups is 1. The molecule has 2 fully saturated rings. The summed E-state index contributed by atoms with van der Waals surface area (Å²) in [5.74, 6) is 0.334. The maximum absolute atomic E-state index is 11.5. The Bertz CT molecular complexity index is 594. The van der Waals surface area contributed by atoms with Crippen molar-refractivity contribution in [2.45, 2.75) is 25.7 Å². The molecule has 0 unspecified atom stereocenters. The number of anilines is 1. The first kappa shape index (κ1) is 14.1. The summed E-state index contributed by atoms with van der Waals surface area (Å²) in [6.45, 7) is 1.93. The maximum atomic E-state index is 11.5. The molecule has 3 heterocycles. The van der Waals surface area contributed by atoms with Gasteiger partial charge in [-0.05, 0) is 36.7 Å². The molecule has 2 aliphatic rings. The van der Waals surface area contributed by atoms with E-state index in [0.29, 0.717) is 16.5 Å². The van der Waals surface area contributed by atoms with E-state index in [1.807, 2.05) is 0 Å². The van der Waals surface area contributed by atoms with Gasteiger partial charge in [-0.2, -0.15) is 0 Å². The topological polar surface area (TPSA) is 75.2 Å². The van der Waals surface area contributed by atoms with E-state index in [4.69, 9.17) is 0 Å². The highest BCUT2D eigenvalue weighted by Gasteiger charge is 2.25. The van der Waals surface area contributed by atoms with Crippen LogP contribution in [0, 0.1) is 0 Å². The molecular weight excluding hydrogens is 288 g/mol. The molecule has 6 nitrogen and oxygen atoms in total. The number of nitrogens with one attached hydrogen (secondary N) is 1. The number of hydrogen-bond donors (Lipinski definition) is 1. The predicted molar refractivity (Wildman–Crippen MR) is 81.8 cm³/mol. The lowest BCUT2D eigenvalue weighted by molar-refractivity contribution is -0.115. The molecule has 7 heteroatoms. The smallest absolute Gasteiger partial charge is 0.290 e. The summed E-state index contributed by atoms with van der Waals surface area (Å²) in [7, 11) is 0. The third-order valence-corrected chi connectivity index (χ3v) is 4.28. The summed E-state index contributed by atoms with van der Waals surface area (Å²) in [4.78, 5) is 34.1. The zero-order chi connectivity index (χ0) is 14.7. The quantitative estimate of drug-likeness (QED) is 0.844. The Balaban J connectivity index is 1.81. The first-order chi connectivity index (χ1) is 10.2. The minimum atomic E-state index is -0.361. The van der Waals surface area contributed by atoms with Crippen LogP contribution in [0.3, 0.4) is 0 Å². The average Bonchev–Trinajstić information content (AvgIpc) is 2.70. The highest BCUT2D eigenvalue weighted by atomic mass is 32.2. The molecule has 0 atom stereocenters. The van der Waals surface area contributed by atoms with Crippen LogP contribution in [-0.2, 0) is 4.79 Å². The van der Waals surface area contributed by atoms with Crippen molar-refractivity contribution in [2.24, 2.45) is 0 Å². The van der Waals surface area contributed by atoms with E-state index < -0.39 is 0 Å². The van der Waals surface area contributed by atoms with Crippen molar-refractivity contribution in [1.82, 2.24) is 15.3 Å². The molecule has 2 amide bonds. The Kier molecular flexibility index (Phi) is 4.19. The van der Waals surface area contributed by atoms with Crippen LogP contribution in [0.2, 0.25) is 0 Å². The molecule has 0 aromatic carbocycles. The van der Waals surface area contributed by atoms with Crippen LogP contribution in [0.25, 0.3) is 6.08 Å². The minimum Gasteiger partial charge on any atom is -0.341 e. The fraction of sp³-hybridized carbons (Fsp3) is 0.429. The molecule has 1 N–H and O–H groups in total. The van der Waals surface area contributed by atoms with E-state index in [-0.39, 0.29) is 11.1 Å². The summed E-state index contributed by atoms with van der Waals surface area (Å²) in [5, 5.41) is 1.90. The molecule has 1 aromatic heterocycles. The van der Waals surface area contributed by atoms with Crippen LogP contribution in [0.1, 0.15) is 31.4 Å². The number of nitrogens with zero attached hydrogens (tertiary/aromatic N) is 3. The highest BCUT2D eigenvalue weighted by Crippen LogP contribution is 2.25. The zero-order valence-corrected chi connectivity index (χ0v) is 12.4. The van der Waals surface area contributed by atoms with Gasteiger partial charge >= 0.3 is 0 Å². The fourth-order valence-corrected chi connectivity index (χ4v) is 3.09. The Hall–Kier alpha value is -1.89. The monoisotopic (exact) mass is 304 g/mol. The van der Waals surface area contributed by atoms with Gasteiger partial charge in [0.2, 0.25) is 5.95 Å². The lowest BCUT2D eigenvalue weighted by Gasteiger charge is -2.19. The fourth-order valence-electron chi connectivity index (χ4n) is 2.42. The van der Waals surface area contributed by atoms with E-state index in [1.54, 1.807) is 18.3 Å². The first-order valence-corrected chi connectivity index (χ1v) is 7.87. The van der Waals surface area contributed by atoms with E-state index in [0.717, 1.165) is 37.7 Å². The van der Waals surface area contributed by atoms with Crippen LogP contribution in [0.15, 0.2) is 17.2 Å². The molecule has 2 aliphatic heterocycles. The lowest BCUT2D eigenvalue weighted by Crippen LogP contribution is -2.26. The molecule has 1 aromatic rings. The van der Waals surface area contributed by atoms with Crippen molar-refractivity contribution >= 4 is 34.9 Å². The second-order valence-corrected chi connectivity index (χ2v) is 6.05. The van der Waals surface area contributed by atoms with Gasteiger partial charge in [-0.25, -0.2) is 9.97 Å². The first-order valence-electron chi connectivity index (χ1n) is 7.05. The van der Waals surface area contributed by atoms with Gasteiger partial charge in [0.15, 0.2) is 0 Å². The Morgan fingerprint density at radius 1 is 1.19 bits per heavy atom. The van der Waals surface area contributed by atoms with E-state index in [1.165, 1.54) is 12.8 Å². The molecule has 110 valence electrons. The number of rotatable bonds is 2. The van der Waals surface area contributed by atoms with Gasteiger partial charge in [0.1, 0.15) is 0 Å². The zero-order valence-electron chi connectivity index (χ0n) is 11.5. The van der Waals surface area contributed by atoms with Crippen LogP contribution in [0.5, 0.6) is 0 Å². The van der Waals surface area contributed by atoms with Gasteiger partial charge in [0.25, 0.3) is 11.1 Å². The van der Waals surface area contributed by atoms with Gasteiger partial charge in [-0.1, -0.05) is 12.8 Å². The second kappa shape index (κ2) is 6.26. The third kappa shape index (κ3) is 3.41. The Morgan fingerprint density at radius 3 is 2.62 bits per heavy atom. The van der Waals surface area contributed by atoms with Crippen LogP contribution >= 0.6 is 11.8 Å². The molecule has 21 heavy (non-hydrogen) atoms. The number of thioether (sulfide) groups is 1. The van der Waals surface area contributed by atoms with Gasteiger partial charge in [0, 0.05) is 19.3 Å². The SMILES string of the molecule is O=C1NC(=O)/C(=C/c2ccnc(N3CCCCCC3)n2)S1. The average molecular weight is 304 g/mol. The summed E-state index contributed by atoms with van der Waals surface area (Å²) in [6, 6.07) is 1.74. The largest absolute Gasteiger partial charge is 0.341 e. The summed E-state index contributed by atoms with van der Waals surface area (Å²) in [5.41, 5.74) is 0.650. The number of hydrogen-bond acceptors (Lipinski definition) is 6. The molecule has 0 radical (unpaired) electrons. The van der Waals surface area contributed by atoms with E-state index in [9.17, 15) is 9.59 Å². The minimum absolute atomic E-state index is 0.340. The standard InChI is InChI=1S/C14H16N4O2S/c19-12-11(21-14(20)17-12)9-10-5-6-15-13(16-10)18-7-3-1-2-4-8-18/h5-6,9H,1-4,7-8H2,(H,17,19,20)/b11-9-. The normalized spacial score (nSPS) is 21.5. The Morgan fingerprint density at radius 2 is 1.95 bits per heavy atom. The van der Waals surface area contributed by atoms with E-state index in [2.05, 4.69) is 20.2 Å². The van der Waals surface area contributed by atoms with Gasteiger partial charge < -0.3 is 4.90 Å². The van der Waals surface area contributed by atoms with Crippen LogP contribution in [0.4, 0.5) is 10.7 Å². The number of carbonyl (C=O) groups excluding carboxylic acids is 2. The summed E-state index contributed by atoms with van der Waals surface area (Å²) >= 11 is 0.901. The molecule has 0 bridgehead atoms. The van der Waals surface area contributed by atoms with E-state index >= 15 is 0 Å².